The summed E-state index contributed by atoms with van der Waals surface area (Å²) in [5.74, 6) is -2.52. The molecule has 0 aliphatic carbocycles. The van der Waals surface area contributed by atoms with Gasteiger partial charge in [-0.15, -0.1) is 0 Å². The number of nitrogens with one attached hydrogen (secondary N) is 1. The summed E-state index contributed by atoms with van der Waals surface area (Å²) in [6.07, 6.45) is -2.11. The third-order valence-electron chi connectivity index (χ3n) is 4.64. The van der Waals surface area contributed by atoms with E-state index in [0.717, 1.165) is 31.6 Å². The smallest absolute Gasteiger partial charge is 0.371 e. The van der Waals surface area contributed by atoms with Crippen molar-refractivity contribution < 1.29 is 22.8 Å². The molecule has 2 aliphatic rings. The first-order valence-electron chi connectivity index (χ1n) is 8.40. The first-order valence-corrected chi connectivity index (χ1v) is 8.40. The van der Waals surface area contributed by atoms with E-state index in [1.165, 1.54) is 0 Å². The van der Waals surface area contributed by atoms with Gasteiger partial charge in [0.15, 0.2) is 0 Å². The molecular weight excluding hydrogens is 335 g/mol. The molecule has 2 fully saturated rings. The van der Waals surface area contributed by atoms with Crippen LogP contribution in [0.4, 0.5) is 24.5 Å². The number of rotatable bonds is 3. The van der Waals surface area contributed by atoms with Crippen molar-refractivity contribution in [1.82, 2.24) is 4.90 Å². The molecule has 0 spiro atoms. The Hall–Kier alpha value is -2.25. The Morgan fingerprint density at radius 1 is 1.08 bits per heavy atom. The average Bonchev–Trinajstić information content (AvgIpc) is 3.25. The summed E-state index contributed by atoms with van der Waals surface area (Å²) in [6.45, 7) is 1.85. The van der Waals surface area contributed by atoms with Gasteiger partial charge < -0.3 is 15.1 Å². The molecule has 2 aliphatic heterocycles. The Balaban J connectivity index is 1.69. The molecular formula is C17H20F3N3O2. The number of hydrogen-bond acceptors (Lipinski definition) is 3. The highest BCUT2D eigenvalue weighted by molar-refractivity contribution is 5.98. The van der Waals surface area contributed by atoms with Crippen molar-refractivity contribution >= 4 is 23.2 Å². The third-order valence-corrected chi connectivity index (χ3v) is 4.64. The third kappa shape index (κ3) is 3.88. The van der Waals surface area contributed by atoms with Gasteiger partial charge in [-0.2, -0.15) is 13.2 Å². The van der Waals surface area contributed by atoms with E-state index < -0.39 is 24.0 Å². The molecule has 8 heteroatoms. The minimum Gasteiger partial charge on any atom is -0.371 e. The number of carbonyl (C=O) groups excluding carboxylic acids is 2. The average molecular weight is 355 g/mol. The van der Waals surface area contributed by atoms with Crippen LogP contribution in [-0.4, -0.2) is 48.6 Å². The topological polar surface area (TPSA) is 52.7 Å². The van der Waals surface area contributed by atoms with Crippen molar-refractivity contribution in [2.75, 3.05) is 29.9 Å². The van der Waals surface area contributed by atoms with Crippen LogP contribution in [0.3, 0.4) is 0 Å². The molecule has 1 aromatic carbocycles. The number of halogens is 3. The molecule has 0 radical (unpaired) electrons. The summed E-state index contributed by atoms with van der Waals surface area (Å²) in [5.41, 5.74) is 1.51. The maximum Gasteiger partial charge on any atom is 0.471 e. The molecule has 1 aromatic rings. The second-order valence-electron chi connectivity index (χ2n) is 6.39. The minimum atomic E-state index is -4.96. The van der Waals surface area contributed by atoms with Crippen molar-refractivity contribution in [1.29, 1.82) is 0 Å². The SMILES string of the molecule is O=C(Nc1cccc(N2CCCC2)c1)C1CCCN1C(=O)C(F)(F)F. The van der Waals surface area contributed by atoms with Crippen LogP contribution in [0.25, 0.3) is 0 Å². The summed E-state index contributed by atoms with van der Waals surface area (Å²) in [7, 11) is 0. The van der Waals surface area contributed by atoms with Gasteiger partial charge in [0, 0.05) is 31.0 Å². The largest absolute Gasteiger partial charge is 0.471 e. The van der Waals surface area contributed by atoms with E-state index in [9.17, 15) is 22.8 Å². The van der Waals surface area contributed by atoms with E-state index in [-0.39, 0.29) is 13.0 Å². The molecule has 1 N–H and O–H groups in total. The van der Waals surface area contributed by atoms with Crippen LogP contribution in [-0.2, 0) is 9.59 Å². The van der Waals surface area contributed by atoms with E-state index >= 15 is 0 Å². The fourth-order valence-electron chi connectivity index (χ4n) is 3.43. The van der Waals surface area contributed by atoms with Crippen molar-refractivity contribution in [2.45, 2.75) is 37.9 Å². The van der Waals surface area contributed by atoms with E-state index in [1.54, 1.807) is 12.1 Å². The molecule has 0 saturated carbocycles. The lowest BCUT2D eigenvalue weighted by molar-refractivity contribution is -0.186. The zero-order chi connectivity index (χ0) is 18.0. The maximum absolute atomic E-state index is 12.7. The Labute approximate surface area is 143 Å². The number of carbonyl (C=O) groups is 2. The number of alkyl halides is 3. The van der Waals surface area contributed by atoms with Crippen LogP contribution >= 0.6 is 0 Å². The van der Waals surface area contributed by atoms with Crippen molar-refractivity contribution in [2.24, 2.45) is 0 Å². The van der Waals surface area contributed by atoms with Crippen LogP contribution < -0.4 is 10.2 Å². The zero-order valence-electron chi connectivity index (χ0n) is 13.7. The van der Waals surface area contributed by atoms with E-state index in [2.05, 4.69) is 10.2 Å². The molecule has 0 aromatic heterocycles. The van der Waals surface area contributed by atoms with Crippen molar-refractivity contribution in [3.8, 4) is 0 Å². The summed E-state index contributed by atoms with van der Waals surface area (Å²) < 4.78 is 38.0. The highest BCUT2D eigenvalue weighted by atomic mass is 19.4. The van der Waals surface area contributed by atoms with Gasteiger partial charge in [-0.3, -0.25) is 9.59 Å². The zero-order valence-corrected chi connectivity index (χ0v) is 13.7. The molecule has 1 atom stereocenters. The maximum atomic E-state index is 12.7. The van der Waals surface area contributed by atoms with E-state index in [1.807, 2.05) is 12.1 Å². The predicted octanol–water partition coefficient (Wildman–Crippen LogP) is 2.78. The summed E-state index contributed by atoms with van der Waals surface area (Å²) >= 11 is 0. The summed E-state index contributed by atoms with van der Waals surface area (Å²) in [4.78, 5) is 26.7. The lowest BCUT2D eigenvalue weighted by atomic mass is 10.2. The van der Waals surface area contributed by atoms with Gasteiger partial charge in [0.2, 0.25) is 5.91 Å². The van der Waals surface area contributed by atoms with Gasteiger partial charge in [-0.1, -0.05) is 6.07 Å². The Morgan fingerprint density at radius 3 is 2.48 bits per heavy atom. The van der Waals surface area contributed by atoms with Crippen LogP contribution in [0.2, 0.25) is 0 Å². The molecule has 136 valence electrons. The molecule has 0 bridgehead atoms. The van der Waals surface area contributed by atoms with Gasteiger partial charge in [0.1, 0.15) is 6.04 Å². The van der Waals surface area contributed by atoms with Gasteiger partial charge >= 0.3 is 12.1 Å². The highest BCUT2D eigenvalue weighted by Crippen LogP contribution is 2.27. The first-order chi connectivity index (χ1) is 11.9. The number of benzene rings is 1. The summed E-state index contributed by atoms with van der Waals surface area (Å²) in [6, 6.07) is 6.17. The fourth-order valence-corrected chi connectivity index (χ4v) is 3.43. The van der Waals surface area contributed by atoms with Crippen LogP contribution in [0.15, 0.2) is 24.3 Å². The number of amides is 2. The molecule has 5 nitrogen and oxygen atoms in total. The normalized spacial score (nSPS) is 20.8. The number of anilines is 2. The van der Waals surface area contributed by atoms with Crippen molar-refractivity contribution in [3.05, 3.63) is 24.3 Å². The Bertz CT molecular complexity index is 657. The van der Waals surface area contributed by atoms with Gasteiger partial charge in [-0.05, 0) is 43.9 Å². The predicted molar refractivity (Wildman–Crippen MR) is 87.3 cm³/mol. The van der Waals surface area contributed by atoms with E-state index in [0.29, 0.717) is 17.0 Å². The lowest BCUT2D eigenvalue weighted by Gasteiger charge is -2.25. The summed E-state index contributed by atoms with van der Waals surface area (Å²) in [5, 5.41) is 2.66. The monoisotopic (exact) mass is 355 g/mol. The number of hydrogen-bond donors (Lipinski definition) is 1. The van der Waals surface area contributed by atoms with Crippen LogP contribution in [0.1, 0.15) is 25.7 Å². The molecule has 1 unspecified atom stereocenters. The number of nitrogens with zero attached hydrogens (tertiary/aromatic N) is 2. The molecule has 25 heavy (non-hydrogen) atoms. The highest BCUT2D eigenvalue weighted by Gasteiger charge is 2.47. The molecule has 3 rings (SSSR count). The first kappa shape index (κ1) is 17.6. The number of likely N-dealkylation sites (tertiary alicyclic amines) is 1. The fraction of sp³-hybridized carbons (Fsp3) is 0.529. The molecule has 2 amide bonds. The second kappa shape index (κ2) is 6.93. The standard InChI is InChI=1S/C17H20F3N3O2/c18-17(19,20)16(25)23-10-4-7-14(23)15(24)21-12-5-3-6-13(11-12)22-8-1-2-9-22/h3,5-6,11,14H,1-2,4,7-10H2,(H,21,24). The quantitative estimate of drug-likeness (QED) is 0.907. The Morgan fingerprint density at radius 2 is 1.80 bits per heavy atom. The van der Waals surface area contributed by atoms with Crippen LogP contribution in [0, 0.1) is 0 Å². The Kier molecular flexibility index (Phi) is 4.87. The van der Waals surface area contributed by atoms with Gasteiger partial charge in [0.05, 0.1) is 0 Å². The van der Waals surface area contributed by atoms with E-state index in [4.69, 9.17) is 0 Å². The molecule has 2 saturated heterocycles. The second-order valence-corrected chi connectivity index (χ2v) is 6.39. The minimum absolute atomic E-state index is 0.0513. The lowest BCUT2D eigenvalue weighted by Crippen LogP contribution is -2.48. The molecule has 2 heterocycles. The van der Waals surface area contributed by atoms with Gasteiger partial charge in [0.25, 0.3) is 0 Å². The van der Waals surface area contributed by atoms with Crippen LogP contribution in [0.5, 0.6) is 0 Å². The van der Waals surface area contributed by atoms with Gasteiger partial charge in [-0.25, -0.2) is 0 Å². The van der Waals surface area contributed by atoms with Crippen molar-refractivity contribution in [3.63, 3.8) is 0 Å².